The normalized spacial score (nSPS) is 21.7. The van der Waals surface area contributed by atoms with Gasteiger partial charge in [-0.1, -0.05) is 0 Å². The number of nitrogens with zero attached hydrogens (tertiary/aromatic N) is 4. The Balaban J connectivity index is 1.40. The van der Waals surface area contributed by atoms with Crippen LogP contribution in [0.15, 0.2) is 37.1 Å². The second-order valence-corrected chi connectivity index (χ2v) is 5.89. The Morgan fingerprint density at radius 1 is 1.35 bits per heavy atom. The number of aromatic amines is 1. The van der Waals surface area contributed by atoms with Gasteiger partial charge in [0, 0.05) is 44.2 Å². The molecule has 1 fully saturated rings. The van der Waals surface area contributed by atoms with Crippen LogP contribution in [0.25, 0.3) is 5.65 Å². The van der Waals surface area contributed by atoms with E-state index in [1.165, 1.54) is 0 Å². The van der Waals surface area contributed by atoms with Crippen LogP contribution in [0.4, 0.5) is 0 Å². The third-order valence-corrected chi connectivity index (χ3v) is 4.38. The van der Waals surface area contributed by atoms with E-state index in [2.05, 4.69) is 29.9 Å². The van der Waals surface area contributed by atoms with Crippen molar-refractivity contribution in [1.82, 2.24) is 29.9 Å². The van der Waals surface area contributed by atoms with Gasteiger partial charge in [0.2, 0.25) is 0 Å². The highest BCUT2D eigenvalue weighted by Crippen LogP contribution is 2.31. The van der Waals surface area contributed by atoms with Gasteiger partial charge >= 0.3 is 0 Å². The largest absolute Gasteiger partial charge is 0.372 e. The maximum absolute atomic E-state index is 5.96. The second-order valence-electron chi connectivity index (χ2n) is 5.89. The molecule has 0 unspecified atom stereocenters. The highest BCUT2D eigenvalue weighted by atomic mass is 16.5. The van der Waals surface area contributed by atoms with Gasteiger partial charge in [0.05, 0.1) is 23.8 Å². The van der Waals surface area contributed by atoms with Gasteiger partial charge in [-0.15, -0.1) is 0 Å². The van der Waals surface area contributed by atoms with E-state index in [-0.39, 0.29) is 6.10 Å². The van der Waals surface area contributed by atoms with Crippen molar-refractivity contribution in [2.75, 3.05) is 13.2 Å². The Morgan fingerprint density at radius 3 is 3.26 bits per heavy atom. The highest BCUT2D eigenvalue weighted by molar-refractivity contribution is 5.36. The number of ether oxygens (including phenoxy) is 1. The van der Waals surface area contributed by atoms with Crippen molar-refractivity contribution >= 4 is 5.65 Å². The van der Waals surface area contributed by atoms with E-state index in [0.717, 1.165) is 49.6 Å². The molecule has 3 aromatic rings. The molecule has 0 radical (unpaired) electrons. The number of hydrogen-bond acceptors (Lipinski definition) is 5. The predicted molar refractivity (Wildman–Crippen MR) is 84.7 cm³/mol. The molecule has 4 heterocycles. The summed E-state index contributed by atoms with van der Waals surface area (Å²) in [5, 5.41) is 10.6. The summed E-state index contributed by atoms with van der Waals surface area (Å²) >= 11 is 0. The van der Waals surface area contributed by atoms with Gasteiger partial charge in [-0.3, -0.25) is 14.5 Å². The number of hydrogen-bond donors (Lipinski definition) is 2. The third-order valence-electron chi connectivity index (χ3n) is 4.38. The summed E-state index contributed by atoms with van der Waals surface area (Å²) in [4.78, 5) is 8.45. The molecule has 120 valence electrons. The first-order valence-electron chi connectivity index (χ1n) is 7.99. The van der Waals surface area contributed by atoms with E-state index in [4.69, 9.17) is 4.74 Å². The smallest absolute Gasteiger partial charge is 0.155 e. The molecular weight excluding hydrogens is 292 g/mol. The molecule has 1 aliphatic rings. The zero-order valence-corrected chi connectivity index (χ0v) is 12.9. The van der Waals surface area contributed by atoms with Crippen molar-refractivity contribution in [3.63, 3.8) is 0 Å². The molecule has 4 rings (SSSR count). The first-order valence-corrected chi connectivity index (χ1v) is 7.99. The third kappa shape index (κ3) is 2.97. The molecule has 2 atom stereocenters. The zero-order valence-electron chi connectivity index (χ0n) is 12.9. The molecule has 3 aromatic heterocycles. The van der Waals surface area contributed by atoms with Gasteiger partial charge in [0.25, 0.3) is 0 Å². The molecule has 0 amide bonds. The molecule has 1 aliphatic heterocycles. The Hall–Kier alpha value is -2.25. The van der Waals surface area contributed by atoms with Crippen molar-refractivity contribution in [3.05, 3.63) is 48.4 Å². The van der Waals surface area contributed by atoms with E-state index in [1.807, 2.05) is 18.5 Å². The maximum Gasteiger partial charge on any atom is 0.155 e. The minimum absolute atomic E-state index is 0.102. The lowest BCUT2D eigenvalue weighted by Crippen LogP contribution is -2.32. The number of rotatable bonds is 5. The number of aromatic nitrogens is 5. The van der Waals surface area contributed by atoms with Crippen LogP contribution in [0, 0.1) is 5.92 Å². The van der Waals surface area contributed by atoms with Crippen LogP contribution < -0.4 is 5.32 Å². The van der Waals surface area contributed by atoms with Crippen LogP contribution >= 0.6 is 0 Å². The van der Waals surface area contributed by atoms with Crippen LogP contribution in [-0.2, 0) is 11.3 Å². The summed E-state index contributed by atoms with van der Waals surface area (Å²) in [5.41, 5.74) is 3.08. The zero-order chi connectivity index (χ0) is 15.5. The van der Waals surface area contributed by atoms with E-state index in [9.17, 15) is 0 Å². The second kappa shape index (κ2) is 6.47. The maximum atomic E-state index is 5.96. The van der Waals surface area contributed by atoms with E-state index in [1.54, 1.807) is 18.6 Å². The SMILES string of the molecule is c1cn2c(CNC[C@@H]3CCCO[C@H]3c3ccn[nH]3)cnc2cn1. The lowest BCUT2D eigenvalue weighted by molar-refractivity contribution is -0.0303. The number of imidazole rings is 1. The molecule has 0 saturated carbocycles. The molecule has 0 spiro atoms. The van der Waals surface area contributed by atoms with Crippen molar-refractivity contribution in [2.45, 2.75) is 25.5 Å². The van der Waals surface area contributed by atoms with Crippen molar-refractivity contribution < 1.29 is 4.74 Å². The lowest BCUT2D eigenvalue weighted by atomic mass is 9.92. The van der Waals surface area contributed by atoms with E-state index < -0.39 is 0 Å². The average Bonchev–Trinajstić information content (AvgIpc) is 3.26. The van der Waals surface area contributed by atoms with Crippen LogP contribution in [0.1, 0.15) is 30.3 Å². The first-order chi connectivity index (χ1) is 11.4. The molecule has 0 aliphatic carbocycles. The quantitative estimate of drug-likeness (QED) is 0.750. The predicted octanol–water partition coefficient (Wildman–Crippen LogP) is 1.71. The van der Waals surface area contributed by atoms with Gasteiger partial charge in [0.1, 0.15) is 6.10 Å². The van der Waals surface area contributed by atoms with Gasteiger partial charge in [-0.05, 0) is 18.9 Å². The summed E-state index contributed by atoms with van der Waals surface area (Å²) < 4.78 is 8.02. The van der Waals surface area contributed by atoms with Gasteiger partial charge in [-0.25, -0.2) is 4.98 Å². The van der Waals surface area contributed by atoms with Crippen LogP contribution in [0.2, 0.25) is 0 Å². The fraction of sp³-hybridized carbons (Fsp3) is 0.438. The summed E-state index contributed by atoms with van der Waals surface area (Å²) in [6.45, 7) is 2.50. The van der Waals surface area contributed by atoms with Gasteiger partial charge in [0.15, 0.2) is 5.65 Å². The molecule has 0 aromatic carbocycles. The van der Waals surface area contributed by atoms with Gasteiger partial charge < -0.3 is 10.1 Å². The van der Waals surface area contributed by atoms with Crippen LogP contribution in [0.3, 0.4) is 0 Å². The monoisotopic (exact) mass is 312 g/mol. The highest BCUT2D eigenvalue weighted by Gasteiger charge is 2.28. The Kier molecular flexibility index (Phi) is 4.04. The Morgan fingerprint density at radius 2 is 2.35 bits per heavy atom. The Bertz CT molecular complexity index is 753. The molecule has 0 bridgehead atoms. The minimum atomic E-state index is 0.102. The molecule has 23 heavy (non-hydrogen) atoms. The molecule has 2 N–H and O–H groups in total. The summed E-state index contributed by atoms with van der Waals surface area (Å²) in [6.07, 6.45) is 11.5. The number of nitrogens with one attached hydrogen (secondary N) is 2. The molecule has 7 heteroatoms. The van der Waals surface area contributed by atoms with Gasteiger partial charge in [-0.2, -0.15) is 5.10 Å². The van der Waals surface area contributed by atoms with E-state index in [0.29, 0.717) is 5.92 Å². The number of fused-ring (bicyclic) bond motifs is 1. The van der Waals surface area contributed by atoms with E-state index >= 15 is 0 Å². The summed E-state index contributed by atoms with van der Waals surface area (Å²) in [5.74, 6) is 0.449. The first kappa shape index (κ1) is 14.3. The average molecular weight is 312 g/mol. The summed E-state index contributed by atoms with van der Waals surface area (Å²) in [6, 6.07) is 2.00. The van der Waals surface area contributed by atoms with Crippen molar-refractivity contribution in [3.8, 4) is 0 Å². The minimum Gasteiger partial charge on any atom is -0.372 e. The van der Waals surface area contributed by atoms with Crippen molar-refractivity contribution in [1.29, 1.82) is 0 Å². The van der Waals surface area contributed by atoms with Crippen molar-refractivity contribution in [2.24, 2.45) is 5.92 Å². The standard InChI is InChI=1S/C16H20N6O/c1-2-12(16(23-7-1)14-3-4-20-21-14)8-18-9-13-10-19-15-11-17-5-6-22(13)15/h3-6,10-12,16,18H,1-2,7-9H2,(H,20,21)/t12-,16+/m0/s1. The molecule has 7 nitrogen and oxygen atoms in total. The molecular formula is C16H20N6O. The topological polar surface area (TPSA) is 80.1 Å². The lowest BCUT2D eigenvalue weighted by Gasteiger charge is -2.31. The number of H-pyrrole nitrogens is 1. The Labute approximate surface area is 134 Å². The molecule has 1 saturated heterocycles. The summed E-state index contributed by atoms with van der Waals surface area (Å²) in [7, 11) is 0. The van der Waals surface area contributed by atoms with Crippen LogP contribution in [-0.4, -0.2) is 37.7 Å². The fourth-order valence-electron chi connectivity index (χ4n) is 3.23. The fourth-order valence-corrected chi connectivity index (χ4v) is 3.23. The van der Waals surface area contributed by atoms with Crippen LogP contribution in [0.5, 0.6) is 0 Å².